The molecule has 0 bridgehead atoms. The highest BCUT2D eigenvalue weighted by Crippen LogP contribution is 2.36. The molecule has 3 heteroatoms. The molecule has 1 fully saturated rings. The van der Waals surface area contributed by atoms with Crippen LogP contribution in [-0.2, 0) is 6.54 Å². The average Bonchev–Trinajstić information content (AvgIpc) is 2.48. The maximum Gasteiger partial charge on any atom is 0.0467 e. The van der Waals surface area contributed by atoms with E-state index in [9.17, 15) is 0 Å². The van der Waals surface area contributed by atoms with Gasteiger partial charge in [-0.3, -0.25) is 4.90 Å². The first-order chi connectivity index (χ1) is 10.2. The van der Waals surface area contributed by atoms with Crippen LogP contribution in [0.1, 0.15) is 24.1 Å². The molecule has 2 N–H and O–H groups in total. The van der Waals surface area contributed by atoms with Crippen LogP contribution < -0.4 is 5.73 Å². The molecule has 21 heavy (non-hydrogen) atoms. The summed E-state index contributed by atoms with van der Waals surface area (Å²) in [6, 6.07) is 19.6. The van der Waals surface area contributed by atoms with Crippen molar-refractivity contribution >= 4 is 17.4 Å². The van der Waals surface area contributed by atoms with Gasteiger partial charge in [0.25, 0.3) is 0 Å². The molecule has 0 radical (unpaired) electrons. The van der Waals surface area contributed by atoms with Crippen LogP contribution in [0.3, 0.4) is 0 Å². The number of nitrogens with zero attached hydrogens (tertiary/aromatic N) is 1. The molecule has 1 saturated heterocycles. The zero-order valence-electron chi connectivity index (χ0n) is 12.4. The van der Waals surface area contributed by atoms with Gasteiger partial charge in [0.1, 0.15) is 0 Å². The highest BCUT2D eigenvalue weighted by molar-refractivity contribution is 8.00. The van der Waals surface area contributed by atoms with E-state index in [1.165, 1.54) is 16.9 Å². The average molecular weight is 298 g/mol. The Morgan fingerprint density at radius 1 is 1.14 bits per heavy atom. The van der Waals surface area contributed by atoms with Gasteiger partial charge in [0.15, 0.2) is 0 Å². The summed E-state index contributed by atoms with van der Waals surface area (Å²) in [5.41, 5.74) is 9.48. The molecule has 1 aliphatic rings. The smallest absolute Gasteiger partial charge is 0.0467 e. The van der Waals surface area contributed by atoms with Crippen LogP contribution in [0.4, 0.5) is 5.69 Å². The summed E-state index contributed by atoms with van der Waals surface area (Å²) in [5.74, 6) is 1.20. The molecule has 2 unspecified atom stereocenters. The second-order valence-corrected chi connectivity index (χ2v) is 7.13. The Kier molecular flexibility index (Phi) is 4.51. The molecular weight excluding hydrogens is 276 g/mol. The first-order valence-electron chi connectivity index (χ1n) is 7.49. The molecule has 3 rings (SSSR count). The number of rotatable bonds is 3. The van der Waals surface area contributed by atoms with Crippen molar-refractivity contribution in [3.8, 4) is 0 Å². The molecule has 2 atom stereocenters. The highest BCUT2D eigenvalue weighted by Gasteiger charge is 2.30. The lowest BCUT2D eigenvalue weighted by molar-refractivity contribution is 0.192. The first-order valence-corrected chi connectivity index (χ1v) is 8.54. The largest absolute Gasteiger partial charge is 0.399 e. The minimum absolute atomic E-state index is 0.478. The van der Waals surface area contributed by atoms with Crippen LogP contribution >= 0.6 is 11.8 Å². The molecule has 2 aromatic rings. The third kappa shape index (κ3) is 3.42. The van der Waals surface area contributed by atoms with Gasteiger partial charge in [-0.1, -0.05) is 49.4 Å². The molecule has 2 aromatic carbocycles. The molecule has 0 spiro atoms. The van der Waals surface area contributed by atoms with Crippen molar-refractivity contribution in [1.82, 2.24) is 4.90 Å². The van der Waals surface area contributed by atoms with E-state index in [1.807, 2.05) is 12.1 Å². The monoisotopic (exact) mass is 298 g/mol. The van der Waals surface area contributed by atoms with Crippen LogP contribution in [0, 0.1) is 0 Å². The van der Waals surface area contributed by atoms with Crippen LogP contribution in [0.5, 0.6) is 0 Å². The fourth-order valence-corrected chi connectivity index (χ4v) is 4.34. The second-order valence-electron chi connectivity index (χ2n) is 5.65. The number of anilines is 1. The minimum Gasteiger partial charge on any atom is -0.399 e. The van der Waals surface area contributed by atoms with E-state index in [0.717, 1.165) is 18.8 Å². The van der Waals surface area contributed by atoms with E-state index >= 15 is 0 Å². The molecule has 110 valence electrons. The van der Waals surface area contributed by atoms with E-state index in [2.05, 4.69) is 66.1 Å². The van der Waals surface area contributed by atoms with Gasteiger partial charge >= 0.3 is 0 Å². The topological polar surface area (TPSA) is 29.3 Å². The van der Waals surface area contributed by atoms with Gasteiger partial charge in [-0.15, -0.1) is 0 Å². The van der Waals surface area contributed by atoms with Crippen LogP contribution in [0.2, 0.25) is 0 Å². The summed E-state index contributed by atoms with van der Waals surface area (Å²) < 4.78 is 0. The van der Waals surface area contributed by atoms with Crippen LogP contribution in [-0.4, -0.2) is 22.4 Å². The van der Waals surface area contributed by atoms with Gasteiger partial charge in [-0.25, -0.2) is 0 Å². The third-order valence-electron chi connectivity index (χ3n) is 4.08. The number of hydrogen-bond acceptors (Lipinski definition) is 3. The Balaban J connectivity index is 1.84. The minimum atomic E-state index is 0.478. The summed E-state index contributed by atoms with van der Waals surface area (Å²) >= 11 is 2.07. The van der Waals surface area contributed by atoms with Gasteiger partial charge in [0, 0.05) is 35.8 Å². The lowest BCUT2D eigenvalue weighted by Gasteiger charge is -2.40. The lowest BCUT2D eigenvalue weighted by atomic mass is 10.0. The van der Waals surface area contributed by atoms with E-state index in [-0.39, 0.29) is 0 Å². The van der Waals surface area contributed by atoms with E-state index in [4.69, 9.17) is 5.73 Å². The lowest BCUT2D eigenvalue weighted by Crippen LogP contribution is -2.39. The third-order valence-corrected chi connectivity index (χ3v) is 5.28. The van der Waals surface area contributed by atoms with Gasteiger partial charge in [-0.2, -0.15) is 11.8 Å². The first kappa shape index (κ1) is 14.5. The van der Waals surface area contributed by atoms with E-state index in [1.54, 1.807) is 0 Å². The molecule has 0 aliphatic carbocycles. The quantitative estimate of drug-likeness (QED) is 0.870. The Bertz CT molecular complexity index is 585. The fraction of sp³-hybridized carbons (Fsp3) is 0.333. The molecule has 0 saturated carbocycles. The Hall–Kier alpha value is -1.45. The molecule has 2 nitrogen and oxygen atoms in total. The number of hydrogen-bond donors (Lipinski definition) is 1. The van der Waals surface area contributed by atoms with Gasteiger partial charge in [0.2, 0.25) is 0 Å². The van der Waals surface area contributed by atoms with Crippen LogP contribution in [0.15, 0.2) is 54.6 Å². The van der Waals surface area contributed by atoms with Crippen molar-refractivity contribution in [3.05, 3.63) is 65.7 Å². The number of thioether (sulfide) groups is 1. The van der Waals surface area contributed by atoms with Crippen molar-refractivity contribution in [3.63, 3.8) is 0 Å². The van der Waals surface area contributed by atoms with Crippen molar-refractivity contribution in [2.75, 3.05) is 18.0 Å². The highest BCUT2D eigenvalue weighted by atomic mass is 32.2. The van der Waals surface area contributed by atoms with Crippen LogP contribution in [0.25, 0.3) is 0 Å². The van der Waals surface area contributed by atoms with Crippen molar-refractivity contribution in [1.29, 1.82) is 0 Å². The number of nitrogen functional groups attached to an aromatic ring is 1. The molecule has 1 heterocycles. The van der Waals surface area contributed by atoms with Gasteiger partial charge in [-0.05, 0) is 23.3 Å². The maximum absolute atomic E-state index is 5.91. The molecular formula is C18H22N2S. The predicted molar refractivity (Wildman–Crippen MR) is 92.4 cm³/mol. The molecule has 0 aromatic heterocycles. The Morgan fingerprint density at radius 3 is 2.71 bits per heavy atom. The van der Waals surface area contributed by atoms with E-state index in [0.29, 0.717) is 11.3 Å². The SMILES string of the molecule is CC1SCCN(Cc2cccc(N)c2)C1c1ccccc1. The standard InChI is InChI=1S/C18H22N2S/c1-14-18(16-7-3-2-4-8-16)20(10-11-21-14)13-15-6-5-9-17(19)12-15/h2-9,12,14,18H,10-11,13,19H2,1H3. The maximum atomic E-state index is 5.91. The second kappa shape index (κ2) is 6.54. The Labute approximate surface area is 131 Å². The van der Waals surface area contributed by atoms with Gasteiger partial charge < -0.3 is 5.73 Å². The zero-order chi connectivity index (χ0) is 14.7. The summed E-state index contributed by atoms with van der Waals surface area (Å²) in [5, 5.41) is 0.613. The molecule has 0 amide bonds. The molecule has 1 aliphatic heterocycles. The Morgan fingerprint density at radius 2 is 1.95 bits per heavy atom. The van der Waals surface area contributed by atoms with E-state index < -0.39 is 0 Å². The van der Waals surface area contributed by atoms with Crippen molar-refractivity contribution in [2.45, 2.75) is 24.8 Å². The summed E-state index contributed by atoms with van der Waals surface area (Å²) in [6.07, 6.45) is 0. The van der Waals surface area contributed by atoms with Crippen molar-refractivity contribution < 1.29 is 0 Å². The fourth-order valence-electron chi connectivity index (χ4n) is 3.12. The summed E-state index contributed by atoms with van der Waals surface area (Å²) in [4.78, 5) is 2.59. The van der Waals surface area contributed by atoms with Crippen molar-refractivity contribution in [2.24, 2.45) is 0 Å². The zero-order valence-corrected chi connectivity index (χ0v) is 13.2. The number of benzene rings is 2. The summed E-state index contributed by atoms with van der Waals surface area (Å²) in [7, 11) is 0. The normalized spacial score (nSPS) is 23.1. The number of nitrogens with two attached hydrogens (primary N) is 1. The predicted octanol–water partition coefficient (Wildman–Crippen LogP) is 3.95. The summed E-state index contributed by atoms with van der Waals surface area (Å²) in [6.45, 7) is 4.44. The van der Waals surface area contributed by atoms with Gasteiger partial charge in [0.05, 0.1) is 0 Å².